The minimum absolute atomic E-state index is 0.0592. The van der Waals surface area contributed by atoms with Crippen LogP contribution < -0.4 is 10.1 Å². The number of hydrogen-bond donors (Lipinski definition) is 2. The number of para-hydroxylation sites is 1. The third-order valence-electron chi connectivity index (χ3n) is 2.97. The van der Waals surface area contributed by atoms with Crippen LogP contribution in [0.15, 0.2) is 42.5 Å². The molecular formula is C16H17NO3. The van der Waals surface area contributed by atoms with E-state index in [1.54, 1.807) is 25.3 Å². The van der Waals surface area contributed by atoms with Crippen molar-refractivity contribution in [1.82, 2.24) is 0 Å². The second-order valence-electron chi connectivity index (χ2n) is 4.56. The highest BCUT2D eigenvalue weighted by Gasteiger charge is 2.10. The van der Waals surface area contributed by atoms with Crippen molar-refractivity contribution in [2.75, 3.05) is 12.4 Å². The summed E-state index contributed by atoms with van der Waals surface area (Å²) in [6, 6.07) is 12.4. The first kappa shape index (κ1) is 13.9. The molecule has 1 amide bonds. The van der Waals surface area contributed by atoms with Gasteiger partial charge in [-0.05, 0) is 30.7 Å². The highest BCUT2D eigenvalue weighted by Crippen LogP contribution is 2.24. The average Bonchev–Trinajstić information content (AvgIpc) is 2.43. The maximum Gasteiger partial charge on any atom is 0.229 e. The molecule has 104 valence electrons. The summed E-state index contributed by atoms with van der Waals surface area (Å²) in [6.07, 6.45) is 0.192. The predicted molar refractivity (Wildman–Crippen MR) is 78.2 cm³/mol. The smallest absolute Gasteiger partial charge is 0.229 e. The Labute approximate surface area is 118 Å². The molecule has 0 bridgehead atoms. The first-order valence-electron chi connectivity index (χ1n) is 6.31. The van der Waals surface area contributed by atoms with E-state index in [1.807, 2.05) is 31.2 Å². The SMILES string of the molecule is COc1ccccc1CC(=O)Nc1cc(C)ccc1O. The molecule has 2 aromatic carbocycles. The van der Waals surface area contributed by atoms with Crippen molar-refractivity contribution in [2.45, 2.75) is 13.3 Å². The molecule has 2 rings (SSSR count). The number of nitrogens with one attached hydrogen (secondary N) is 1. The Morgan fingerprint density at radius 2 is 2.00 bits per heavy atom. The average molecular weight is 271 g/mol. The number of methoxy groups -OCH3 is 1. The van der Waals surface area contributed by atoms with E-state index in [4.69, 9.17) is 4.74 Å². The molecule has 0 aliphatic rings. The number of benzene rings is 2. The largest absolute Gasteiger partial charge is 0.506 e. The van der Waals surface area contributed by atoms with Crippen LogP contribution in [0, 0.1) is 6.92 Å². The predicted octanol–water partition coefficient (Wildman–Crippen LogP) is 2.89. The third kappa shape index (κ3) is 3.29. The maximum atomic E-state index is 12.0. The minimum Gasteiger partial charge on any atom is -0.506 e. The number of amides is 1. The van der Waals surface area contributed by atoms with Crippen LogP contribution in [0.5, 0.6) is 11.5 Å². The number of anilines is 1. The molecule has 0 aromatic heterocycles. The highest BCUT2D eigenvalue weighted by atomic mass is 16.5. The number of ether oxygens (including phenoxy) is 1. The molecule has 0 aliphatic heterocycles. The van der Waals surface area contributed by atoms with Gasteiger partial charge < -0.3 is 15.2 Å². The quantitative estimate of drug-likeness (QED) is 0.841. The molecule has 0 aliphatic carbocycles. The first-order chi connectivity index (χ1) is 9.60. The molecule has 0 radical (unpaired) electrons. The van der Waals surface area contributed by atoms with Gasteiger partial charge in [0.05, 0.1) is 19.2 Å². The van der Waals surface area contributed by atoms with E-state index < -0.39 is 0 Å². The fraction of sp³-hybridized carbons (Fsp3) is 0.188. The van der Waals surface area contributed by atoms with Crippen molar-refractivity contribution in [3.8, 4) is 11.5 Å². The Hall–Kier alpha value is -2.49. The molecule has 0 saturated heterocycles. The number of phenols is 1. The number of rotatable bonds is 4. The van der Waals surface area contributed by atoms with Gasteiger partial charge in [-0.25, -0.2) is 0 Å². The normalized spacial score (nSPS) is 10.1. The van der Waals surface area contributed by atoms with Crippen molar-refractivity contribution >= 4 is 11.6 Å². The molecule has 0 heterocycles. The van der Waals surface area contributed by atoms with Gasteiger partial charge in [-0.3, -0.25) is 4.79 Å². The lowest BCUT2D eigenvalue weighted by molar-refractivity contribution is -0.115. The molecule has 2 N–H and O–H groups in total. The second kappa shape index (κ2) is 6.10. The topological polar surface area (TPSA) is 58.6 Å². The van der Waals surface area contributed by atoms with Crippen molar-refractivity contribution < 1.29 is 14.6 Å². The summed E-state index contributed by atoms with van der Waals surface area (Å²) in [5, 5.41) is 12.4. The van der Waals surface area contributed by atoms with Gasteiger partial charge >= 0.3 is 0 Å². The molecule has 0 spiro atoms. The van der Waals surface area contributed by atoms with Crippen molar-refractivity contribution in [3.63, 3.8) is 0 Å². The van der Waals surface area contributed by atoms with Crippen molar-refractivity contribution in [2.24, 2.45) is 0 Å². The van der Waals surface area contributed by atoms with Crippen molar-refractivity contribution in [1.29, 1.82) is 0 Å². The molecule has 0 atom stereocenters. The molecule has 0 unspecified atom stereocenters. The van der Waals surface area contributed by atoms with E-state index in [0.717, 1.165) is 11.1 Å². The van der Waals surface area contributed by atoms with Gasteiger partial charge in [0.1, 0.15) is 11.5 Å². The summed E-state index contributed by atoms with van der Waals surface area (Å²) in [6.45, 7) is 1.90. The van der Waals surface area contributed by atoms with Crippen LogP contribution in [0.3, 0.4) is 0 Å². The lowest BCUT2D eigenvalue weighted by Crippen LogP contribution is -2.15. The maximum absolute atomic E-state index is 12.0. The number of hydrogen-bond acceptors (Lipinski definition) is 3. The zero-order valence-corrected chi connectivity index (χ0v) is 11.5. The Morgan fingerprint density at radius 1 is 1.25 bits per heavy atom. The summed E-state index contributed by atoms with van der Waals surface area (Å²) in [5.41, 5.74) is 2.19. The van der Waals surface area contributed by atoms with E-state index in [1.165, 1.54) is 0 Å². The Balaban J connectivity index is 2.11. The van der Waals surface area contributed by atoms with E-state index in [9.17, 15) is 9.90 Å². The van der Waals surface area contributed by atoms with Gasteiger partial charge in [0.25, 0.3) is 0 Å². The molecular weight excluding hydrogens is 254 g/mol. The Bertz CT molecular complexity index is 623. The van der Waals surface area contributed by atoms with Crippen LogP contribution >= 0.6 is 0 Å². The summed E-state index contributed by atoms with van der Waals surface area (Å²) in [4.78, 5) is 12.0. The summed E-state index contributed by atoms with van der Waals surface area (Å²) in [5.74, 6) is 0.537. The van der Waals surface area contributed by atoms with E-state index in [-0.39, 0.29) is 18.1 Å². The fourth-order valence-electron chi connectivity index (χ4n) is 1.97. The Kier molecular flexibility index (Phi) is 4.25. The minimum atomic E-state index is -0.199. The zero-order chi connectivity index (χ0) is 14.5. The van der Waals surface area contributed by atoms with Crippen LogP contribution in [0.25, 0.3) is 0 Å². The molecule has 2 aromatic rings. The fourth-order valence-corrected chi connectivity index (χ4v) is 1.97. The first-order valence-corrected chi connectivity index (χ1v) is 6.31. The standard InChI is InChI=1S/C16H17NO3/c1-11-7-8-14(18)13(9-11)17-16(19)10-12-5-3-4-6-15(12)20-2/h3-9,18H,10H2,1-2H3,(H,17,19). The third-order valence-corrected chi connectivity index (χ3v) is 2.97. The molecule has 4 nitrogen and oxygen atoms in total. The number of carbonyl (C=O) groups is 1. The summed E-state index contributed by atoms with van der Waals surface area (Å²) in [7, 11) is 1.57. The number of aryl methyl sites for hydroxylation is 1. The molecule has 20 heavy (non-hydrogen) atoms. The van der Waals surface area contributed by atoms with Gasteiger partial charge in [-0.2, -0.15) is 0 Å². The second-order valence-corrected chi connectivity index (χ2v) is 4.56. The van der Waals surface area contributed by atoms with Gasteiger partial charge in [-0.15, -0.1) is 0 Å². The number of phenolic OH excluding ortho intramolecular Hbond substituents is 1. The van der Waals surface area contributed by atoms with Crippen LogP contribution in [-0.4, -0.2) is 18.1 Å². The van der Waals surface area contributed by atoms with E-state index in [0.29, 0.717) is 11.4 Å². The van der Waals surface area contributed by atoms with Gasteiger partial charge in [0, 0.05) is 5.56 Å². The monoisotopic (exact) mass is 271 g/mol. The highest BCUT2D eigenvalue weighted by molar-refractivity contribution is 5.94. The van der Waals surface area contributed by atoms with E-state index >= 15 is 0 Å². The number of carbonyl (C=O) groups excluding carboxylic acids is 1. The van der Waals surface area contributed by atoms with Crippen LogP contribution in [0.2, 0.25) is 0 Å². The van der Waals surface area contributed by atoms with Crippen molar-refractivity contribution in [3.05, 3.63) is 53.6 Å². The molecule has 0 fully saturated rings. The van der Waals surface area contributed by atoms with Gasteiger partial charge in [0.2, 0.25) is 5.91 Å². The van der Waals surface area contributed by atoms with Crippen LogP contribution in [0.4, 0.5) is 5.69 Å². The lowest BCUT2D eigenvalue weighted by Gasteiger charge is -2.10. The lowest BCUT2D eigenvalue weighted by atomic mass is 10.1. The summed E-state index contributed by atoms with van der Waals surface area (Å²) < 4.78 is 5.21. The zero-order valence-electron chi connectivity index (χ0n) is 11.5. The van der Waals surface area contributed by atoms with Crippen LogP contribution in [0.1, 0.15) is 11.1 Å². The van der Waals surface area contributed by atoms with Crippen LogP contribution in [-0.2, 0) is 11.2 Å². The van der Waals surface area contributed by atoms with Gasteiger partial charge in [0.15, 0.2) is 0 Å². The van der Waals surface area contributed by atoms with E-state index in [2.05, 4.69) is 5.32 Å². The van der Waals surface area contributed by atoms with Gasteiger partial charge in [-0.1, -0.05) is 24.3 Å². The molecule has 4 heteroatoms. The summed E-state index contributed by atoms with van der Waals surface area (Å²) >= 11 is 0. The number of aromatic hydroxyl groups is 1. The molecule has 0 saturated carbocycles. The Morgan fingerprint density at radius 3 is 2.75 bits per heavy atom.